The van der Waals surface area contributed by atoms with Crippen LogP contribution in [0.2, 0.25) is 0 Å². The molecule has 1 amide bonds. The number of benzene rings is 1. The van der Waals surface area contributed by atoms with Crippen LogP contribution < -0.4 is 5.32 Å². The van der Waals surface area contributed by atoms with Crippen LogP contribution in [0.15, 0.2) is 24.3 Å². The van der Waals surface area contributed by atoms with E-state index in [0.717, 1.165) is 0 Å². The highest BCUT2D eigenvalue weighted by molar-refractivity contribution is 6.00. The first-order valence-corrected chi connectivity index (χ1v) is 8.78. The summed E-state index contributed by atoms with van der Waals surface area (Å²) in [5.41, 5.74) is 1.10. The zero-order valence-electron chi connectivity index (χ0n) is 16.4. The third kappa shape index (κ3) is 4.98. The van der Waals surface area contributed by atoms with E-state index in [1.807, 2.05) is 0 Å². The Balaban J connectivity index is 2.10. The summed E-state index contributed by atoms with van der Waals surface area (Å²) in [6.07, 6.45) is -1.18. The van der Waals surface area contributed by atoms with Gasteiger partial charge in [-0.3, -0.25) is 14.9 Å². The Morgan fingerprint density at radius 3 is 2.55 bits per heavy atom. The fraction of sp³-hybridized carbons (Fsp3) is 0.316. The minimum absolute atomic E-state index is 0.0422. The minimum atomic E-state index is -1.18. The molecule has 0 radical (unpaired) electrons. The number of anilines is 1. The summed E-state index contributed by atoms with van der Waals surface area (Å²) < 4.78 is 10.1. The number of aryl methyl sites for hydroxylation is 1. The van der Waals surface area contributed by atoms with Crippen LogP contribution in [-0.4, -0.2) is 40.5 Å². The second-order valence-electron chi connectivity index (χ2n) is 6.19. The molecule has 1 unspecified atom stereocenters. The Morgan fingerprint density at radius 2 is 1.93 bits per heavy atom. The van der Waals surface area contributed by atoms with Crippen molar-refractivity contribution in [3.05, 3.63) is 56.9 Å². The summed E-state index contributed by atoms with van der Waals surface area (Å²) in [4.78, 5) is 49.8. The van der Waals surface area contributed by atoms with E-state index >= 15 is 0 Å². The number of aromatic amines is 1. The van der Waals surface area contributed by atoms with Gasteiger partial charge >= 0.3 is 11.9 Å². The summed E-state index contributed by atoms with van der Waals surface area (Å²) in [5.74, 6) is -2.04. The van der Waals surface area contributed by atoms with E-state index in [4.69, 9.17) is 9.47 Å². The lowest BCUT2D eigenvalue weighted by Gasteiger charge is -2.13. The minimum Gasteiger partial charge on any atom is -0.462 e. The van der Waals surface area contributed by atoms with Gasteiger partial charge in [-0.15, -0.1) is 0 Å². The molecule has 1 aromatic heterocycles. The number of rotatable bonds is 7. The second-order valence-corrected chi connectivity index (χ2v) is 6.19. The molecule has 0 aliphatic carbocycles. The maximum Gasteiger partial charge on any atom is 0.355 e. The number of nitrogens with one attached hydrogen (secondary N) is 2. The average Bonchev–Trinajstić information content (AvgIpc) is 2.96. The van der Waals surface area contributed by atoms with Gasteiger partial charge in [-0.1, -0.05) is 6.07 Å². The Kier molecular flexibility index (Phi) is 6.71. The van der Waals surface area contributed by atoms with Crippen LogP contribution in [0.25, 0.3) is 0 Å². The molecule has 0 aliphatic rings. The number of nitro groups is 1. The maximum absolute atomic E-state index is 12.4. The SMILES string of the molecule is CCOC(=O)c1c(C)[nH]c(C(=O)OC(C)C(=O)Nc2cccc([N+](=O)[O-])c2)c1C. The highest BCUT2D eigenvalue weighted by atomic mass is 16.6. The number of hydrogen-bond donors (Lipinski definition) is 2. The van der Waals surface area contributed by atoms with E-state index in [1.54, 1.807) is 20.8 Å². The summed E-state index contributed by atoms with van der Waals surface area (Å²) in [5, 5.41) is 13.3. The number of hydrogen-bond acceptors (Lipinski definition) is 7. The molecule has 0 saturated heterocycles. The molecule has 10 heteroatoms. The molecule has 2 rings (SSSR count). The molecule has 0 saturated carbocycles. The lowest BCUT2D eigenvalue weighted by Crippen LogP contribution is -2.30. The quantitative estimate of drug-likeness (QED) is 0.411. The molecular weight excluding hydrogens is 382 g/mol. The van der Waals surface area contributed by atoms with Gasteiger partial charge in [0.1, 0.15) is 5.69 Å². The fourth-order valence-corrected chi connectivity index (χ4v) is 2.68. The van der Waals surface area contributed by atoms with Crippen molar-refractivity contribution in [3.8, 4) is 0 Å². The monoisotopic (exact) mass is 403 g/mol. The molecule has 1 aromatic carbocycles. The van der Waals surface area contributed by atoms with Crippen LogP contribution in [0.4, 0.5) is 11.4 Å². The molecule has 154 valence electrons. The van der Waals surface area contributed by atoms with Crippen LogP contribution in [-0.2, 0) is 14.3 Å². The van der Waals surface area contributed by atoms with Crippen LogP contribution in [0.1, 0.15) is 46.0 Å². The molecule has 0 bridgehead atoms. The zero-order chi connectivity index (χ0) is 21.7. The zero-order valence-corrected chi connectivity index (χ0v) is 16.4. The molecule has 1 atom stereocenters. The summed E-state index contributed by atoms with van der Waals surface area (Å²) in [6, 6.07) is 5.38. The predicted octanol–water partition coefficient (Wildman–Crippen LogP) is 2.90. The highest BCUT2D eigenvalue weighted by Gasteiger charge is 2.26. The van der Waals surface area contributed by atoms with Crippen molar-refractivity contribution in [3.63, 3.8) is 0 Å². The smallest absolute Gasteiger partial charge is 0.355 e. The molecule has 0 fully saturated rings. The number of H-pyrrole nitrogens is 1. The molecule has 0 spiro atoms. The number of ether oxygens (including phenoxy) is 2. The molecule has 2 aromatic rings. The van der Waals surface area contributed by atoms with Gasteiger partial charge in [-0.05, 0) is 39.3 Å². The summed E-state index contributed by atoms with van der Waals surface area (Å²) >= 11 is 0. The number of amides is 1. The normalized spacial score (nSPS) is 11.4. The van der Waals surface area contributed by atoms with Crippen molar-refractivity contribution in [1.82, 2.24) is 4.98 Å². The Morgan fingerprint density at radius 1 is 1.24 bits per heavy atom. The van der Waals surface area contributed by atoms with E-state index in [1.165, 1.54) is 31.2 Å². The van der Waals surface area contributed by atoms with E-state index in [-0.39, 0.29) is 29.2 Å². The van der Waals surface area contributed by atoms with Crippen molar-refractivity contribution < 1.29 is 28.8 Å². The fourth-order valence-electron chi connectivity index (χ4n) is 2.68. The molecule has 1 heterocycles. The van der Waals surface area contributed by atoms with Gasteiger partial charge < -0.3 is 19.8 Å². The van der Waals surface area contributed by atoms with Crippen molar-refractivity contribution in [1.29, 1.82) is 0 Å². The first kappa shape index (κ1) is 21.6. The Hall–Kier alpha value is -3.69. The number of carbonyl (C=O) groups is 3. The summed E-state index contributed by atoms with van der Waals surface area (Å²) in [6.45, 7) is 6.42. The van der Waals surface area contributed by atoms with E-state index in [0.29, 0.717) is 11.3 Å². The lowest BCUT2D eigenvalue weighted by atomic mass is 10.1. The van der Waals surface area contributed by atoms with Crippen molar-refractivity contribution >= 4 is 29.2 Å². The first-order chi connectivity index (χ1) is 13.6. The van der Waals surface area contributed by atoms with Gasteiger partial charge in [0.15, 0.2) is 6.10 Å². The summed E-state index contributed by atoms with van der Waals surface area (Å²) in [7, 11) is 0. The number of non-ortho nitro benzene ring substituents is 1. The first-order valence-electron chi connectivity index (χ1n) is 8.78. The third-order valence-electron chi connectivity index (χ3n) is 4.10. The van der Waals surface area contributed by atoms with Gasteiger partial charge in [0, 0.05) is 23.5 Å². The van der Waals surface area contributed by atoms with Gasteiger partial charge in [0.25, 0.3) is 11.6 Å². The largest absolute Gasteiger partial charge is 0.462 e. The van der Waals surface area contributed by atoms with Crippen LogP contribution in [0.5, 0.6) is 0 Å². The molecule has 10 nitrogen and oxygen atoms in total. The lowest BCUT2D eigenvalue weighted by molar-refractivity contribution is -0.384. The third-order valence-corrected chi connectivity index (χ3v) is 4.10. The van der Waals surface area contributed by atoms with E-state index in [9.17, 15) is 24.5 Å². The van der Waals surface area contributed by atoms with Gasteiger partial charge in [0.05, 0.1) is 17.1 Å². The molecule has 2 N–H and O–H groups in total. The predicted molar refractivity (Wildman–Crippen MR) is 103 cm³/mol. The number of aromatic nitrogens is 1. The topological polar surface area (TPSA) is 141 Å². The van der Waals surface area contributed by atoms with Crippen LogP contribution in [0.3, 0.4) is 0 Å². The van der Waals surface area contributed by atoms with Crippen molar-refractivity contribution in [2.45, 2.75) is 33.8 Å². The highest BCUT2D eigenvalue weighted by Crippen LogP contribution is 2.21. The average molecular weight is 403 g/mol. The number of carbonyl (C=O) groups excluding carboxylic acids is 3. The van der Waals surface area contributed by atoms with Crippen LogP contribution in [0, 0.1) is 24.0 Å². The molecule has 29 heavy (non-hydrogen) atoms. The number of nitro benzene ring substituents is 1. The maximum atomic E-state index is 12.4. The Labute approximate surface area is 166 Å². The molecular formula is C19H21N3O7. The van der Waals surface area contributed by atoms with Crippen molar-refractivity contribution in [2.24, 2.45) is 0 Å². The molecule has 0 aliphatic heterocycles. The Bertz CT molecular complexity index is 965. The van der Waals surface area contributed by atoms with E-state index in [2.05, 4.69) is 10.3 Å². The van der Waals surface area contributed by atoms with Crippen LogP contribution >= 0.6 is 0 Å². The number of nitrogens with zero attached hydrogens (tertiary/aromatic N) is 1. The number of esters is 2. The van der Waals surface area contributed by atoms with Gasteiger partial charge in [-0.2, -0.15) is 0 Å². The van der Waals surface area contributed by atoms with Crippen molar-refractivity contribution in [2.75, 3.05) is 11.9 Å². The van der Waals surface area contributed by atoms with Gasteiger partial charge in [0.2, 0.25) is 0 Å². The van der Waals surface area contributed by atoms with E-state index < -0.39 is 28.9 Å². The second kappa shape index (κ2) is 9.00. The van der Waals surface area contributed by atoms with Gasteiger partial charge in [-0.25, -0.2) is 9.59 Å². The standard InChI is InChI=1S/C19H21N3O7/c1-5-28-18(24)15-10(2)16(20-11(15)3)19(25)29-12(4)17(23)21-13-7-6-8-14(9-13)22(26)27/h6-9,12,20H,5H2,1-4H3,(H,21,23).